The summed E-state index contributed by atoms with van der Waals surface area (Å²) in [6, 6.07) is 24.9. The van der Waals surface area contributed by atoms with E-state index in [-0.39, 0.29) is 0 Å². The fourth-order valence-electron chi connectivity index (χ4n) is 3.52. The summed E-state index contributed by atoms with van der Waals surface area (Å²) in [5.74, 6) is 3.59. The normalized spacial score (nSPS) is 12.9. The average molecular weight is 373 g/mol. The maximum Gasteiger partial charge on any atom is 0.138 e. The third-order valence-corrected chi connectivity index (χ3v) is 10.3. The molecule has 27 heavy (non-hydrogen) atoms. The lowest BCUT2D eigenvalue weighted by atomic mass is 9.93. The molecule has 0 amide bonds. The Labute approximate surface area is 167 Å². The smallest absolute Gasteiger partial charge is 0.126 e. The van der Waals surface area contributed by atoms with E-state index >= 15 is 0 Å². The third kappa shape index (κ3) is 5.58. The van der Waals surface area contributed by atoms with E-state index in [1.54, 1.807) is 0 Å². The summed E-state index contributed by atoms with van der Waals surface area (Å²) in [6.45, 7) is 11.3. The van der Waals surface area contributed by atoms with Crippen molar-refractivity contribution >= 4 is 19.7 Å². The Hall–Kier alpha value is -2.30. The molecule has 0 radical (unpaired) electrons. The van der Waals surface area contributed by atoms with Gasteiger partial charge in [-0.25, -0.2) is 0 Å². The summed E-state index contributed by atoms with van der Waals surface area (Å²) >= 11 is 0. The molecule has 140 valence electrons. The second kappa shape index (κ2) is 10.1. The van der Waals surface area contributed by atoms with Crippen molar-refractivity contribution in [2.45, 2.75) is 52.8 Å². The zero-order valence-electron chi connectivity index (χ0n) is 17.5. The molecule has 0 saturated carbocycles. The van der Waals surface area contributed by atoms with Gasteiger partial charge in [-0.2, -0.15) is 0 Å². The van der Waals surface area contributed by atoms with E-state index < -0.39 is 8.07 Å². The molecule has 2 rings (SSSR count). The first-order valence-electron chi connectivity index (χ1n) is 10.1. The molecule has 0 nitrogen and oxygen atoms in total. The van der Waals surface area contributed by atoms with Crippen LogP contribution in [0.15, 0.2) is 71.8 Å². The maximum absolute atomic E-state index is 3.75. The molecule has 0 spiro atoms. The highest BCUT2D eigenvalue weighted by atomic mass is 28.3. The molecule has 0 unspecified atom stereocenters. The zero-order valence-corrected chi connectivity index (χ0v) is 18.5. The lowest BCUT2D eigenvalue weighted by Crippen LogP contribution is -2.29. The van der Waals surface area contributed by atoms with Crippen LogP contribution in [0.4, 0.5) is 0 Å². The highest BCUT2D eigenvalue weighted by Gasteiger charge is 2.24. The zero-order chi connectivity index (χ0) is 19.7. The predicted molar refractivity (Wildman–Crippen MR) is 124 cm³/mol. The summed E-state index contributed by atoms with van der Waals surface area (Å²) < 4.78 is 0. The average Bonchev–Trinajstić information content (AvgIpc) is 2.71. The van der Waals surface area contributed by atoms with E-state index in [0.717, 1.165) is 0 Å². The van der Waals surface area contributed by atoms with Gasteiger partial charge in [-0.05, 0) is 54.3 Å². The van der Waals surface area contributed by atoms with Gasteiger partial charge in [-0.3, -0.25) is 0 Å². The Balaban J connectivity index is 2.57. The summed E-state index contributed by atoms with van der Waals surface area (Å²) in [4.78, 5) is 0. The van der Waals surface area contributed by atoms with Crippen molar-refractivity contribution in [2.24, 2.45) is 0 Å². The van der Waals surface area contributed by atoms with Gasteiger partial charge in [0.25, 0.3) is 0 Å². The minimum absolute atomic E-state index is 1.18. The van der Waals surface area contributed by atoms with Crippen molar-refractivity contribution in [2.75, 3.05) is 0 Å². The van der Waals surface area contributed by atoms with Gasteiger partial charge in [0.2, 0.25) is 0 Å². The van der Waals surface area contributed by atoms with Crippen molar-refractivity contribution in [3.63, 3.8) is 0 Å². The minimum Gasteiger partial charge on any atom is -0.126 e. The highest BCUT2D eigenvalue weighted by Crippen LogP contribution is 2.28. The molecule has 0 saturated heterocycles. The van der Waals surface area contributed by atoms with Crippen LogP contribution in [0.2, 0.25) is 18.1 Å². The number of hydrogen-bond donors (Lipinski definition) is 0. The Bertz CT molecular complexity index is 833. The Kier molecular flexibility index (Phi) is 7.89. The molecule has 0 heterocycles. The van der Waals surface area contributed by atoms with Gasteiger partial charge in [0.15, 0.2) is 0 Å². The largest absolute Gasteiger partial charge is 0.138 e. The molecule has 0 bridgehead atoms. The van der Waals surface area contributed by atoms with Crippen LogP contribution in [-0.4, -0.2) is 8.07 Å². The highest BCUT2D eigenvalue weighted by molar-refractivity contribution is 6.87. The van der Waals surface area contributed by atoms with E-state index in [1.807, 2.05) is 0 Å². The fourth-order valence-corrected chi connectivity index (χ4v) is 6.00. The van der Waals surface area contributed by atoms with E-state index in [4.69, 9.17) is 0 Å². The molecule has 0 aliphatic carbocycles. The molecule has 1 heteroatoms. The van der Waals surface area contributed by atoms with Gasteiger partial charge < -0.3 is 0 Å². The molecule has 2 aromatic rings. The van der Waals surface area contributed by atoms with E-state index in [0.29, 0.717) is 0 Å². The van der Waals surface area contributed by atoms with Crippen LogP contribution in [0.3, 0.4) is 0 Å². The fraction of sp³-hybridized carbons (Fsp3) is 0.308. The van der Waals surface area contributed by atoms with E-state index in [9.17, 15) is 0 Å². The minimum atomic E-state index is -1.45. The molecule has 0 N–H and O–H groups in total. The number of benzene rings is 2. The number of allylic oxidation sites excluding steroid dienone is 3. The maximum atomic E-state index is 3.75. The van der Waals surface area contributed by atoms with Crippen molar-refractivity contribution in [1.29, 1.82) is 0 Å². The van der Waals surface area contributed by atoms with Crippen LogP contribution in [0.25, 0.3) is 11.6 Å². The second-order valence-corrected chi connectivity index (χ2v) is 12.1. The van der Waals surface area contributed by atoms with Crippen LogP contribution >= 0.6 is 0 Å². The Morgan fingerprint density at radius 2 is 1.33 bits per heavy atom. The lowest BCUT2D eigenvalue weighted by molar-refractivity contribution is 1.20. The molecular formula is C26H32Si. The second-order valence-electron chi connectivity index (χ2n) is 7.20. The third-order valence-electron chi connectivity index (χ3n) is 5.56. The standard InChI is InChI=1S/C26H32Si/c1-6-27(7-2,8-3)20-19-22(4)26(25-17-13-10-14-18-25)23(5)21-24-15-11-9-12-16-24/h9-18,21H,6-8H2,1-5H3/b23-21+,26-22-. The van der Waals surface area contributed by atoms with Crippen molar-refractivity contribution in [3.05, 3.63) is 82.9 Å². The molecular weight excluding hydrogens is 340 g/mol. The quantitative estimate of drug-likeness (QED) is 0.278. The molecule has 0 fully saturated rings. The van der Waals surface area contributed by atoms with E-state index in [2.05, 4.69) is 113 Å². The summed E-state index contributed by atoms with van der Waals surface area (Å²) in [5.41, 5.74) is 9.92. The van der Waals surface area contributed by atoms with E-state index in [1.165, 1.54) is 46.0 Å². The molecule has 0 atom stereocenters. The van der Waals surface area contributed by atoms with Gasteiger partial charge in [-0.15, -0.1) is 5.54 Å². The van der Waals surface area contributed by atoms with Gasteiger partial charge in [0.1, 0.15) is 8.07 Å². The Morgan fingerprint density at radius 1 is 0.815 bits per heavy atom. The first kappa shape index (κ1) is 21.0. The molecule has 0 aromatic heterocycles. The van der Waals surface area contributed by atoms with Crippen molar-refractivity contribution in [3.8, 4) is 11.5 Å². The van der Waals surface area contributed by atoms with Gasteiger partial charge in [0.05, 0.1) is 0 Å². The molecule has 2 aromatic carbocycles. The van der Waals surface area contributed by atoms with Gasteiger partial charge in [0, 0.05) is 5.57 Å². The van der Waals surface area contributed by atoms with Gasteiger partial charge in [-0.1, -0.05) is 93.4 Å². The van der Waals surface area contributed by atoms with Crippen LogP contribution < -0.4 is 0 Å². The van der Waals surface area contributed by atoms with Crippen LogP contribution in [0.5, 0.6) is 0 Å². The summed E-state index contributed by atoms with van der Waals surface area (Å²) in [5, 5.41) is 0. The van der Waals surface area contributed by atoms with Crippen molar-refractivity contribution in [1.82, 2.24) is 0 Å². The van der Waals surface area contributed by atoms with Gasteiger partial charge >= 0.3 is 0 Å². The summed E-state index contributed by atoms with van der Waals surface area (Å²) in [7, 11) is -1.45. The van der Waals surface area contributed by atoms with Crippen LogP contribution in [0.1, 0.15) is 45.7 Å². The first-order chi connectivity index (χ1) is 13.0. The topological polar surface area (TPSA) is 0 Å². The monoisotopic (exact) mass is 372 g/mol. The lowest BCUT2D eigenvalue weighted by Gasteiger charge is -2.20. The predicted octanol–water partition coefficient (Wildman–Crippen LogP) is 7.61. The number of rotatable bonds is 6. The SMILES string of the molecule is CC[Si](C#C/C(C)=C(/C(C)=C/c1ccccc1)c1ccccc1)(CC)CC. The van der Waals surface area contributed by atoms with Crippen LogP contribution in [-0.2, 0) is 0 Å². The molecule has 0 aliphatic rings. The summed E-state index contributed by atoms with van der Waals surface area (Å²) in [6.07, 6.45) is 2.26. The van der Waals surface area contributed by atoms with Crippen LogP contribution in [0, 0.1) is 11.5 Å². The van der Waals surface area contributed by atoms with Crippen molar-refractivity contribution < 1.29 is 0 Å². The number of hydrogen-bond acceptors (Lipinski definition) is 0. The Morgan fingerprint density at radius 3 is 1.85 bits per heavy atom. The molecule has 0 aliphatic heterocycles. The first-order valence-corrected chi connectivity index (χ1v) is 12.7.